The number of aryl methyl sites for hydroxylation is 1. The van der Waals surface area contributed by atoms with E-state index in [2.05, 4.69) is 58.4 Å². The minimum atomic E-state index is -0.242. The third-order valence-corrected chi connectivity index (χ3v) is 7.89. The normalized spacial score (nSPS) is 10.6. The SMILES string of the molecule is Cc1ccc(C(=O)Nc2ccc(C(=O)Nc3c(Br)c(C)c(Br)c(C)c3Br)cc2)cc1. The summed E-state index contributed by atoms with van der Waals surface area (Å²) < 4.78 is 2.59. The summed E-state index contributed by atoms with van der Waals surface area (Å²) in [5.41, 5.74) is 5.46. The van der Waals surface area contributed by atoms with E-state index in [0.29, 0.717) is 22.5 Å². The highest BCUT2D eigenvalue weighted by Gasteiger charge is 2.18. The molecular weight excluding hydrogens is 576 g/mol. The maximum Gasteiger partial charge on any atom is 0.255 e. The molecule has 0 aliphatic rings. The number of anilines is 2. The number of carbonyl (C=O) groups is 2. The third-order valence-electron chi connectivity index (χ3n) is 4.71. The average molecular weight is 595 g/mol. The van der Waals surface area contributed by atoms with Gasteiger partial charge in [0.25, 0.3) is 11.8 Å². The van der Waals surface area contributed by atoms with Crippen LogP contribution >= 0.6 is 47.8 Å². The van der Waals surface area contributed by atoms with E-state index in [9.17, 15) is 9.59 Å². The summed E-state index contributed by atoms with van der Waals surface area (Å²) in [5.74, 6) is -0.435. The zero-order chi connectivity index (χ0) is 22.0. The Balaban J connectivity index is 1.75. The van der Waals surface area contributed by atoms with E-state index >= 15 is 0 Å². The van der Waals surface area contributed by atoms with Gasteiger partial charge in [0.05, 0.1) is 5.69 Å². The van der Waals surface area contributed by atoms with Crippen LogP contribution in [-0.4, -0.2) is 11.8 Å². The maximum atomic E-state index is 12.8. The number of halogens is 3. The molecule has 154 valence electrons. The molecule has 0 aliphatic heterocycles. The molecule has 0 radical (unpaired) electrons. The molecule has 0 fully saturated rings. The standard InChI is InChI=1S/C23H19Br3N2O2/c1-12-4-6-15(7-5-12)22(29)27-17-10-8-16(9-11-17)23(30)28-21-19(25)13(2)18(24)14(3)20(21)26/h4-11H,1-3H3,(H,27,29)(H,28,30). The van der Waals surface area contributed by atoms with Gasteiger partial charge in [-0.25, -0.2) is 0 Å². The smallest absolute Gasteiger partial charge is 0.255 e. The summed E-state index contributed by atoms with van der Waals surface area (Å²) in [6, 6.07) is 14.1. The van der Waals surface area contributed by atoms with Crippen molar-refractivity contribution < 1.29 is 9.59 Å². The third kappa shape index (κ3) is 4.85. The molecule has 0 unspecified atom stereocenters. The second kappa shape index (κ2) is 9.45. The van der Waals surface area contributed by atoms with Crippen molar-refractivity contribution in [1.82, 2.24) is 0 Å². The van der Waals surface area contributed by atoms with Gasteiger partial charge in [-0.15, -0.1) is 0 Å². The Labute approximate surface area is 200 Å². The number of carbonyl (C=O) groups excluding carboxylic acids is 2. The summed E-state index contributed by atoms with van der Waals surface area (Å²) in [5, 5.41) is 5.80. The Morgan fingerprint density at radius 2 is 1.07 bits per heavy atom. The Bertz CT molecular complexity index is 1100. The molecule has 30 heavy (non-hydrogen) atoms. The van der Waals surface area contributed by atoms with Crippen LogP contribution in [0.1, 0.15) is 37.4 Å². The molecule has 0 saturated carbocycles. The minimum absolute atomic E-state index is 0.194. The highest BCUT2D eigenvalue weighted by molar-refractivity contribution is 9.11. The number of hydrogen-bond donors (Lipinski definition) is 2. The van der Waals surface area contributed by atoms with Crippen molar-refractivity contribution in [2.75, 3.05) is 10.6 Å². The largest absolute Gasteiger partial charge is 0.322 e. The summed E-state index contributed by atoms with van der Waals surface area (Å²) >= 11 is 10.7. The summed E-state index contributed by atoms with van der Waals surface area (Å²) in [6.07, 6.45) is 0. The molecule has 0 saturated heterocycles. The van der Waals surface area contributed by atoms with Crippen LogP contribution < -0.4 is 10.6 Å². The average Bonchev–Trinajstić information content (AvgIpc) is 2.74. The van der Waals surface area contributed by atoms with Crippen LogP contribution in [0.5, 0.6) is 0 Å². The number of hydrogen-bond acceptors (Lipinski definition) is 2. The first-order valence-electron chi connectivity index (χ1n) is 9.12. The van der Waals surface area contributed by atoms with Gasteiger partial charge in [0.15, 0.2) is 0 Å². The second-order valence-electron chi connectivity index (χ2n) is 6.92. The maximum absolute atomic E-state index is 12.8. The molecule has 0 heterocycles. The first-order chi connectivity index (χ1) is 14.2. The first kappa shape index (κ1) is 22.7. The fraction of sp³-hybridized carbons (Fsp3) is 0.130. The van der Waals surface area contributed by atoms with E-state index in [0.717, 1.165) is 30.1 Å². The first-order valence-corrected chi connectivity index (χ1v) is 11.5. The van der Waals surface area contributed by atoms with Crippen LogP contribution in [0.4, 0.5) is 11.4 Å². The van der Waals surface area contributed by atoms with Crippen molar-refractivity contribution in [3.8, 4) is 0 Å². The molecule has 2 amide bonds. The zero-order valence-electron chi connectivity index (χ0n) is 16.6. The Hall–Kier alpha value is -1.96. The van der Waals surface area contributed by atoms with E-state index in [1.54, 1.807) is 36.4 Å². The van der Waals surface area contributed by atoms with Crippen molar-refractivity contribution >= 4 is 71.0 Å². The van der Waals surface area contributed by atoms with E-state index < -0.39 is 0 Å². The van der Waals surface area contributed by atoms with Gasteiger partial charge in [-0.05, 0) is 100 Å². The van der Waals surface area contributed by atoms with Crippen LogP contribution in [0, 0.1) is 20.8 Å². The molecule has 4 nitrogen and oxygen atoms in total. The van der Waals surface area contributed by atoms with Crippen molar-refractivity contribution in [3.63, 3.8) is 0 Å². The van der Waals surface area contributed by atoms with Gasteiger partial charge < -0.3 is 10.6 Å². The zero-order valence-corrected chi connectivity index (χ0v) is 21.3. The monoisotopic (exact) mass is 592 g/mol. The lowest BCUT2D eigenvalue weighted by molar-refractivity contribution is 0.102. The van der Waals surface area contributed by atoms with Crippen LogP contribution in [-0.2, 0) is 0 Å². The number of amides is 2. The van der Waals surface area contributed by atoms with Crippen LogP contribution in [0.3, 0.4) is 0 Å². The predicted octanol–water partition coefficient (Wildman–Crippen LogP) is 7.40. The predicted molar refractivity (Wildman–Crippen MR) is 133 cm³/mol. The molecule has 7 heteroatoms. The molecule has 0 aliphatic carbocycles. The van der Waals surface area contributed by atoms with Gasteiger partial charge in [-0.3, -0.25) is 9.59 Å². The van der Waals surface area contributed by atoms with Crippen LogP contribution in [0.2, 0.25) is 0 Å². The quantitative estimate of drug-likeness (QED) is 0.331. The van der Waals surface area contributed by atoms with Gasteiger partial charge in [-0.2, -0.15) is 0 Å². The molecule has 3 aromatic carbocycles. The molecule has 3 aromatic rings. The van der Waals surface area contributed by atoms with Gasteiger partial charge in [0, 0.05) is 30.2 Å². The lowest BCUT2D eigenvalue weighted by Crippen LogP contribution is -2.14. The highest BCUT2D eigenvalue weighted by atomic mass is 79.9. The van der Waals surface area contributed by atoms with Gasteiger partial charge in [-0.1, -0.05) is 33.6 Å². The highest BCUT2D eigenvalue weighted by Crippen LogP contribution is 2.41. The fourth-order valence-electron chi connectivity index (χ4n) is 2.85. The molecule has 0 aromatic heterocycles. The Morgan fingerprint density at radius 1 is 0.633 bits per heavy atom. The van der Waals surface area contributed by atoms with Gasteiger partial charge in [0.2, 0.25) is 0 Å². The lowest BCUT2D eigenvalue weighted by Gasteiger charge is -2.16. The number of benzene rings is 3. The van der Waals surface area contributed by atoms with Crippen molar-refractivity contribution in [3.05, 3.63) is 89.8 Å². The summed E-state index contributed by atoms with van der Waals surface area (Å²) in [4.78, 5) is 25.1. The molecule has 2 N–H and O–H groups in total. The number of rotatable bonds is 4. The van der Waals surface area contributed by atoms with Crippen LogP contribution in [0.15, 0.2) is 61.9 Å². The Kier molecular flexibility index (Phi) is 7.16. The number of nitrogens with one attached hydrogen (secondary N) is 2. The molecule has 0 bridgehead atoms. The van der Waals surface area contributed by atoms with E-state index in [1.807, 2.05) is 32.9 Å². The molecule has 0 spiro atoms. The van der Waals surface area contributed by atoms with Crippen molar-refractivity contribution in [2.24, 2.45) is 0 Å². The van der Waals surface area contributed by atoms with Gasteiger partial charge >= 0.3 is 0 Å². The summed E-state index contributed by atoms with van der Waals surface area (Å²) in [6.45, 7) is 5.91. The fourth-order valence-corrected chi connectivity index (χ4v) is 5.04. The van der Waals surface area contributed by atoms with E-state index in [1.165, 1.54) is 0 Å². The Morgan fingerprint density at radius 3 is 1.57 bits per heavy atom. The van der Waals surface area contributed by atoms with E-state index in [-0.39, 0.29) is 11.8 Å². The lowest BCUT2D eigenvalue weighted by atomic mass is 10.1. The van der Waals surface area contributed by atoms with Crippen LogP contribution in [0.25, 0.3) is 0 Å². The molecule has 0 atom stereocenters. The van der Waals surface area contributed by atoms with E-state index in [4.69, 9.17) is 0 Å². The topological polar surface area (TPSA) is 58.2 Å². The minimum Gasteiger partial charge on any atom is -0.322 e. The second-order valence-corrected chi connectivity index (χ2v) is 9.30. The van der Waals surface area contributed by atoms with Crippen molar-refractivity contribution in [1.29, 1.82) is 0 Å². The van der Waals surface area contributed by atoms with Crippen molar-refractivity contribution in [2.45, 2.75) is 20.8 Å². The molecular formula is C23H19Br3N2O2. The summed E-state index contributed by atoms with van der Waals surface area (Å²) in [7, 11) is 0. The van der Waals surface area contributed by atoms with Gasteiger partial charge in [0.1, 0.15) is 0 Å². The molecule has 3 rings (SSSR count).